The first-order valence-corrected chi connectivity index (χ1v) is 7.24. The monoisotopic (exact) mass is 341 g/mol. The van der Waals surface area contributed by atoms with Gasteiger partial charge >= 0.3 is 0 Å². The summed E-state index contributed by atoms with van der Waals surface area (Å²) in [5.74, 6) is 0. The molecular weight excluding hydrogens is 314 g/mol. The highest BCUT2D eigenvalue weighted by molar-refractivity contribution is 4.94. The van der Waals surface area contributed by atoms with E-state index in [9.17, 15) is 25.5 Å². The van der Waals surface area contributed by atoms with Crippen LogP contribution < -0.4 is 17.2 Å². The fourth-order valence-electron chi connectivity index (χ4n) is 2.30. The van der Waals surface area contributed by atoms with Crippen LogP contribution in [0.1, 0.15) is 0 Å². The summed E-state index contributed by atoms with van der Waals surface area (Å²) in [5.41, 5.74) is 16.7. The quantitative estimate of drug-likeness (QED) is 0.202. The number of hydrogen-bond acceptors (Lipinski definition) is 11. The van der Waals surface area contributed by atoms with Gasteiger partial charge in [0.1, 0.15) is 24.4 Å². The predicted molar refractivity (Wildman–Crippen MR) is 76.7 cm³/mol. The zero-order chi connectivity index (χ0) is 17.7. The van der Waals surface area contributed by atoms with Crippen molar-refractivity contribution in [3.63, 3.8) is 0 Å². The van der Waals surface area contributed by atoms with E-state index < -0.39 is 68.2 Å². The van der Waals surface area contributed by atoms with Crippen LogP contribution in [0.15, 0.2) is 0 Å². The van der Waals surface area contributed by atoms with Crippen molar-refractivity contribution in [1.29, 1.82) is 0 Å². The lowest BCUT2D eigenvalue weighted by molar-refractivity contribution is -0.300. The van der Waals surface area contributed by atoms with E-state index in [-0.39, 0.29) is 6.54 Å². The molecule has 0 spiro atoms. The lowest BCUT2D eigenvalue weighted by atomic mass is 9.96. The Labute approximate surface area is 133 Å². The van der Waals surface area contributed by atoms with Crippen LogP contribution in [-0.2, 0) is 9.47 Å². The van der Waals surface area contributed by atoms with Gasteiger partial charge in [-0.3, -0.25) is 0 Å². The minimum absolute atomic E-state index is 0.273. The highest BCUT2D eigenvalue weighted by atomic mass is 16.7. The van der Waals surface area contributed by atoms with Gasteiger partial charge in [0.15, 0.2) is 6.29 Å². The molecule has 0 saturated carbocycles. The number of nitrogens with two attached hydrogens (primary N) is 3. The van der Waals surface area contributed by atoms with Crippen LogP contribution in [0, 0.1) is 0 Å². The molecule has 0 amide bonds. The summed E-state index contributed by atoms with van der Waals surface area (Å²) in [7, 11) is 0. The Hall–Kier alpha value is -0.440. The van der Waals surface area contributed by atoms with E-state index in [1.165, 1.54) is 0 Å². The molecule has 1 saturated heterocycles. The van der Waals surface area contributed by atoms with Gasteiger partial charge in [0.25, 0.3) is 0 Å². The molecule has 1 aliphatic rings. The minimum atomic E-state index is -1.57. The van der Waals surface area contributed by atoms with E-state index >= 15 is 0 Å². The van der Waals surface area contributed by atoms with Gasteiger partial charge < -0.3 is 57.3 Å². The van der Waals surface area contributed by atoms with E-state index in [0.717, 1.165) is 0 Å². The van der Waals surface area contributed by atoms with Crippen molar-refractivity contribution in [3.05, 3.63) is 0 Å². The molecular formula is C12H27N3O8. The van der Waals surface area contributed by atoms with E-state index in [0.29, 0.717) is 0 Å². The smallest absolute Gasteiger partial charge is 0.187 e. The molecule has 1 fully saturated rings. The molecule has 138 valence electrons. The van der Waals surface area contributed by atoms with E-state index in [1.807, 2.05) is 0 Å². The molecule has 1 rings (SSSR count). The molecule has 11 nitrogen and oxygen atoms in total. The van der Waals surface area contributed by atoms with Crippen LogP contribution in [0.5, 0.6) is 0 Å². The van der Waals surface area contributed by atoms with Crippen molar-refractivity contribution in [1.82, 2.24) is 0 Å². The molecule has 0 bridgehead atoms. The topological polar surface area (TPSA) is 218 Å². The van der Waals surface area contributed by atoms with Gasteiger partial charge in [-0.05, 0) is 0 Å². The van der Waals surface area contributed by atoms with Crippen LogP contribution in [0.2, 0.25) is 0 Å². The first-order chi connectivity index (χ1) is 10.8. The average molecular weight is 341 g/mol. The lowest BCUT2D eigenvalue weighted by Crippen LogP contribution is -2.65. The third-order valence-corrected chi connectivity index (χ3v) is 3.86. The van der Waals surface area contributed by atoms with E-state index in [4.69, 9.17) is 31.8 Å². The molecule has 0 aromatic rings. The Balaban J connectivity index is 2.89. The zero-order valence-electron chi connectivity index (χ0n) is 12.5. The number of ether oxygens (including phenoxy) is 2. The molecule has 0 aliphatic carbocycles. The third-order valence-electron chi connectivity index (χ3n) is 3.86. The predicted octanol–water partition coefficient (Wildman–Crippen LogP) is -5.86. The van der Waals surface area contributed by atoms with Crippen molar-refractivity contribution in [2.24, 2.45) is 17.2 Å². The van der Waals surface area contributed by atoms with Crippen LogP contribution in [0.3, 0.4) is 0 Å². The summed E-state index contributed by atoms with van der Waals surface area (Å²) >= 11 is 0. The van der Waals surface area contributed by atoms with Crippen LogP contribution in [0.25, 0.3) is 0 Å². The van der Waals surface area contributed by atoms with Gasteiger partial charge in [-0.15, -0.1) is 0 Å². The van der Waals surface area contributed by atoms with Crippen molar-refractivity contribution in [2.75, 3.05) is 19.8 Å². The second-order valence-electron chi connectivity index (χ2n) is 5.52. The maximum atomic E-state index is 9.97. The molecule has 1 heterocycles. The molecule has 0 aromatic heterocycles. The van der Waals surface area contributed by atoms with Crippen molar-refractivity contribution in [2.45, 2.75) is 55.0 Å². The van der Waals surface area contributed by atoms with Crippen LogP contribution >= 0.6 is 0 Å². The highest BCUT2D eigenvalue weighted by Crippen LogP contribution is 2.23. The Morgan fingerprint density at radius 2 is 1.70 bits per heavy atom. The number of rotatable bonds is 8. The van der Waals surface area contributed by atoms with E-state index in [2.05, 4.69) is 0 Å². The normalized spacial score (nSPS) is 37.2. The Morgan fingerprint density at radius 1 is 1.09 bits per heavy atom. The number of aliphatic hydroxyl groups excluding tert-OH is 6. The maximum absolute atomic E-state index is 9.97. The molecule has 0 radical (unpaired) electrons. The summed E-state index contributed by atoms with van der Waals surface area (Å²) in [4.78, 5) is 0. The lowest BCUT2D eigenvalue weighted by Gasteiger charge is -2.43. The van der Waals surface area contributed by atoms with Crippen molar-refractivity contribution in [3.8, 4) is 0 Å². The highest BCUT2D eigenvalue weighted by Gasteiger charge is 2.45. The largest absolute Gasteiger partial charge is 0.394 e. The second-order valence-corrected chi connectivity index (χ2v) is 5.52. The SMILES string of the molecule is NC[C@H](O)[C@@H](OC1OC(CO)C(N)C(O)C1O)[C@H](N)[C@H](O)CO. The maximum Gasteiger partial charge on any atom is 0.187 e. The second kappa shape index (κ2) is 9.15. The van der Waals surface area contributed by atoms with Crippen molar-refractivity contribution < 1.29 is 40.1 Å². The summed E-state index contributed by atoms with van der Waals surface area (Å²) in [6.07, 6.45) is -9.54. The van der Waals surface area contributed by atoms with Crippen molar-refractivity contribution >= 4 is 0 Å². The van der Waals surface area contributed by atoms with Gasteiger partial charge in [0, 0.05) is 6.54 Å². The van der Waals surface area contributed by atoms with E-state index in [1.54, 1.807) is 0 Å². The molecule has 12 N–H and O–H groups in total. The Kier molecular flexibility index (Phi) is 8.20. The Bertz CT molecular complexity index is 350. The average Bonchev–Trinajstić information content (AvgIpc) is 2.57. The van der Waals surface area contributed by atoms with Crippen LogP contribution in [0.4, 0.5) is 0 Å². The zero-order valence-corrected chi connectivity index (χ0v) is 12.5. The standard InChI is InChI=1S/C12H27N3O8/c13-1-4(18)11(7(14)5(19)2-16)23-12-10(21)9(20)8(15)6(3-17)22-12/h4-12,16-21H,1-3,13-15H2/t4-,5+,6?,7+,8?,9?,10?,11+,12?/m0/s1. The van der Waals surface area contributed by atoms with Gasteiger partial charge in [0.2, 0.25) is 0 Å². The summed E-state index contributed by atoms with van der Waals surface area (Å²) < 4.78 is 10.6. The number of aliphatic hydroxyl groups is 6. The fraction of sp³-hybridized carbons (Fsp3) is 1.00. The van der Waals surface area contributed by atoms with Crippen LogP contribution in [-0.4, -0.2) is 105 Å². The minimum Gasteiger partial charge on any atom is -0.394 e. The van der Waals surface area contributed by atoms with Gasteiger partial charge in [-0.1, -0.05) is 0 Å². The fourth-order valence-corrected chi connectivity index (χ4v) is 2.30. The van der Waals surface area contributed by atoms with Gasteiger partial charge in [-0.25, -0.2) is 0 Å². The molecule has 1 aliphatic heterocycles. The summed E-state index contributed by atoms with van der Waals surface area (Å²) in [6.45, 7) is -1.48. The first-order valence-electron chi connectivity index (χ1n) is 7.24. The molecule has 0 aromatic carbocycles. The molecule has 9 atom stereocenters. The summed E-state index contributed by atoms with van der Waals surface area (Å²) in [6, 6.07) is -2.28. The third kappa shape index (κ3) is 4.78. The molecule has 11 heteroatoms. The summed E-state index contributed by atoms with van der Waals surface area (Å²) in [5, 5.41) is 57.5. The first kappa shape index (κ1) is 20.6. The molecule has 5 unspecified atom stereocenters. The van der Waals surface area contributed by atoms with Gasteiger partial charge in [0.05, 0.1) is 37.5 Å². The molecule has 23 heavy (non-hydrogen) atoms. The van der Waals surface area contributed by atoms with Gasteiger partial charge in [-0.2, -0.15) is 0 Å². The number of hydrogen-bond donors (Lipinski definition) is 9. The Morgan fingerprint density at radius 3 is 2.17 bits per heavy atom.